The summed E-state index contributed by atoms with van der Waals surface area (Å²) >= 11 is 6.39. The van der Waals surface area contributed by atoms with Gasteiger partial charge < -0.3 is 19.9 Å². The molecule has 2 amide bonds. The van der Waals surface area contributed by atoms with Crippen LogP contribution >= 0.6 is 11.6 Å². The van der Waals surface area contributed by atoms with Crippen LogP contribution in [0.4, 0.5) is 16.2 Å². The topological polar surface area (TPSA) is 81.1 Å². The molecule has 2 aromatic heterocycles. The van der Waals surface area contributed by atoms with E-state index in [4.69, 9.17) is 16.3 Å². The highest BCUT2D eigenvalue weighted by Crippen LogP contribution is 2.32. The molecule has 0 aliphatic heterocycles. The molecule has 8 heteroatoms. The molecule has 0 aliphatic carbocycles. The van der Waals surface area contributed by atoms with E-state index in [-0.39, 0.29) is 0 Å². The van der Waals surface area contributed by atoms with Gasteiger partial charge in [-0.2, -0.15) is 4.98 Å². The van der Waals surface area contributed by atoms with Crippen molar-refractivity contribution in [1.29, 1.82) is 0 Å². The van der Waals surface area contributed by atoms with E-state index in [1.807, 2.05) is 66.3 Å². The highest BCUT2D eigenvalue weighted by molar-refractivity contribution is 6.34. The Hall–Kier alpha value is -4.10. The molecule has 0 aliphatic rings. The predicted molar refractivity (Wildman–Crippen MR) is 127 cm³/mol. The molecule has 0 unspecified atom stereocenters. The quantitative estimate of drug-likeness (QED) is 0.346. The maximum Gasteiger partial charge on any atom is 0.323 e. The van der Waals surface area contributed by atoms with Crippen molar-refractivity contribution in [3.63, 3.8) is 0 Å². The molecule has 0 saturated carbocycles. The Balaban J connectivity index is 1.30. The summed E-state index contributed by atoms with van der Waals surface area (Å²) < 4.78 is 7.81. The number of benzene rings is 3. The molecule has 2 N–H and O–H groups in total. The smallest absolute Gasteiger partial charge is 0.323 e. The number of carbonyl (C=O) groups excluding carboxylic acids is 1. The third-order valence-electron chi connectivity index (χ3n) is 5.04. The van der Waals surface area contributed by atoms with Gasteiger partial charge in [0.1, 0.15) is 17.6 Å². The highest BCUT2D eigenvalue weighted by atomic mass is 35.5. The van der Waals surface area contributed by atoms with Gasteiger partial charge in [-0.1, -0.05) is 41.9 Å². The molecule has 158 valence electrons. The van der Waals surface area contributed by atoms with E-state index in [2.05, 4.69) is 20.6 Å². The minimum atomic E-state index is -0.392. The number of carbonyl (C=O) groups is 1. The number of fused-ring (bicyclic) bond motifs is 2. The summed E-state index contributed by atoms with van der Waals surface area (Å²) in [4.78, 5) is 20.9. The second kappa shape index (κ2) is 8.20. The Morgan fingerprint density at radius 3 is 2.66 bits per heavy atom. The van der Waals surface area contributed by atoms with Gasteiger partial charge >= 0.3 is 6.03 Å². The Morgan fingerprint density at radius 2 is 1.81 bits per heavy atom. The number of hydrogen-bond acceptors (Lipinski definition) is 4. The highest BCUT2D eigenvalue weighted by Gasteiger charge is 2.12. The summed E-state index contributed by atoms with van der Waals surface area (Å²) in [7, 11) is 1.90. The van der Waals surface area contributed by atoms with Crippen molar-refractivity contribution in [2.24, 2.45) is 7.05 Å². The van der Waals surface area contributed by atoms with E-state index in [0.717, 1.165) is 21.8 Å². The summed E-state index contributed by atoms with van der Waals surface area (Å²) in [6.45, 7) is 0. The minimum absolute atomic E-state index is 0.341. The lowest BCUT2D eigenvalue weighted by molar-refractivity contribution is 0.262. The zero-order valence-electron chi connectivity index (χ0n) is 17.0. The Morgan fingerprint density at radius 1 is 0.969 bits per heavy atom. The maximum absolute atomic E-state index is 12.5. The number of ether oxygens (including phenoxy) is 1. The van der Waals surface area contributed by atoms with Crippen LogP contribution in [0.1, 0.15) is 0 Å². The van der Waals surface area contributed by atoms with Gasteiger partial charge in [0.05, 0.1) is 16.2 Å². The van der Waals surface area contributed by atoms with Crippen molar-refractivity contribution in [2.45, 2.75) is 0 Å². The first kappa shape index (κ1) is 19.8. The molecular formula is C24H18ClN5O2. The average molecular weight is 444 g/mol. The standard InChI is InChI=1S/C24H18ClN5O2/c1-30-11-10-21-22(30)23(27-14-26-21)32-18-8-9-20(19(25)13-18)29-24(31)28-17-7-6-15-4-2-3-5-16(15)12-17/h2-14H,1H3,(H2,28,29,31). The SMILES string of the molecule is Cn1ccc2ncnc(Oc3ccc(NC(=O)Nc4ccc5ccccc5c4)c(Cl)c3)c21. The Kier molecular flexibility index (Phi) is 5.09. The van der Waals surface area contributed by atoms with Gasteiger partial charge in [0.15, 0.2) is 0 Å². The number of aromatic nitrogens is 3. The number of hydrogen-bond donors (Lipinski definition) is 2. The Labute approximate surface area is 188 Å². The molecule has 0 saturated heterocycles. The fourth-order valence-corrected chi connectivity index (χ4v) is 3.70. The van der Waals surface area contributed by atoms with Gasteiger partial charge in [-0.15, -0.1) is 0 Å². The summed E-state index contributed by atoms with van der Waals surface area (Å²) in [5.74, 6) is 0.921. The molecule has 32 heavy (non-hydrogen) atoms. The van der Waals surface area contributed by atoms with Crippen LogP contribution in [0, 0.1) is 0 Å². The predicted octanol–water partition coefficient (Wildman–Crippen LogP) is 6.21. The number of urea groups is 1. The number of amides is 2. The third-order valence-corrected chi connectivity index (χ3v) is 5.35. The van der Waals surface area contributed by atoms with Gasteiger partial charge in [0.2, 0.25) is 5.88 Å². The lowest BCUT2D eigenvalue weighted by Crippen LogP contribution is -2.19. The van der Waals surface area contributed by atoms with Gasteiger partial charge in [-0.25, -0.2) is 9.78 Å². The zero-order valence-corrected chi connectivity index (χ0v) is 17.8. The van der Waals surface area contributed by atoms with E-state index in [0.29, 0.717) is 28.0 Å². The van der Waals surface area contributed by atoms with Gasteiger partial charge in [0, 0.05) is 25.0 Å². The van der Waals surface area contributed by atoms with E-state index in [9.17, 15) is 4.79 Å². The van der Waals surface area contributed by atoms with Crippen molar-refractivity contribution in [2.75, 3.05) is 10.6 Å². The second-order valence-corrected chi connectivity index (χ2v) is 7.63. The van der Waals surface area contributed by atoms with Crippen LogP contribution in [0.3, 0.4) is 0 Å². The monoisotopic (exact) mass is 443 g/mol. The number of halogens is 1. The summed E-state index contributed by atoms with van der Waals surface area (Å²) in [6.07, 6.45) is 3.34. The maximum atomic E-state index is 12.5. The van der Waals surface area contributed by atoms with E-state index in [1.165, 1.54) is 6.33 Å². The average Bonchev–Trinajstić information content (AvgIpc) is 3.17. The lowest BCUT2D eigenvalue weighted by Gasteiger charge is -2.12. The largest absolute Gasteiger partial charge is 0.437 e. The fraction of sp³-hybridized carbons (Fsp3) is 0.0417. The first-order valence-corrected chi connectivity index (χ1v) is 10.2. The van der Waals surface area contributed by atoms with Crippen molar-refractivity contribution in [1.82, 2.24) is 14.5 Å². The van der Waals surface area contributed by atoms with Crippen LogP contribution in [0.15, 0.2) is 79.3 Å². The van der Waals surface area contributed by atoms with Crippen molar-refractivity contribution >= 4 is 50.8 Å². The second-order valence-electron chi connectivity index (χ2n) is 7.22. The molecular weight excluding hydrogens is 426 g/mol. The molecule has 0 radical (unpaired) electrons. The first-order chi connectivity index (χ1) is 15.6. The van der Waals surface area contributed by atoms with Crippen LogP contribution in [-0.4, -0.2) is 20.6 Å². The molecule has 0 bridgehead atoms. The van der Waals surface area contributed by atoms with E-state index in [1.54, 1.807) is 18.2 Å². The lowest BCUT2D eigenvalue weighted by atomic mass is 10.1. The fourth-order valence-electron chi connectivity index (χ4n) is 3.48. The zero-order chi connectivity index (χ0) is 22.1. The molecule has 0 spiro atoms. The third kappa shape index (κ3) is 3.93. The van der Waals surface area contributed by atoms with Crippen LogP contribution < -0.4 is 15.4 Å². The minimum Gasteiger partial charge on any atom is -0.437 e. The van der Waals surface area contributed by atoms with Crippen LogP contribution in [-0.2, 0) is 7.05 Å². The van der Waals surface area contributed by atoms with Crippen LogP contribution in [0.25, 0.3) is 21.8 Å². The number of anilines is 2. The molecule has 5 aromatic rings. The number of aryl methyl sites for hydroxylation is 1. The molecule has 3 aromatic carbocycles. The van der Waals surface area contributed by atoms with Gasteiger partial charge in [-0.05, 0) is 41.1 Å². The van der Waals surface area contributed by atoms with Crippen molar-refractivity contribution in [3.8, 4) is 11.6 Å². The van der Waals surface area contributed by atoms with E-state index >= 15 is 0 Å². The first-order valence-electron chi connectivity index (χ1n) is 9.87. The van der Waals surface area contributed by atoms with E-state index < -0.39 is 6.03 Å². The van der Waals surface area contributed by atoms with Crippen molar-refractivity contribution < 1.29 is 9.53 Å². The van der Waals surface area contributed by atoms with Crippen LogP contribution in [0.2, 0.25) is 5.02 Å². The molecule has 0 atom stereocenters. The van der Waals surface area contributed by atoms with Crippen LogP contribution in [0.5, 0.6) is 11.6 Å². The molecule has 0 fully saturated rings. The number of rotatable bonds is 4. The molecule has 5 rings (SSSR count). The van der Waals surface area contributed by atoms with Crippen molar-refractivity contribution in [3.05, 3.63) is 84.3 Å². The number of nitrogens with zero attached hydrogens (tertiary/aromatic N) is 3. The summed E-state index contributed by atoms with van der Waals surface area (Å²) in [5, 5.41) is 8.08. The summed E-state index contributed by atoms with van der Waals surface area (Å²) in [5.41, 5.74) is 2.71. The Bertz CT molecular complexity index is 1460. The summed E-state index contributed by atoms with van der Waals surface area (Å²) in [6, 6.07) is 20.2. The molecule has 2 heterocycles. The van der Waals surface area contributed by atoms with Gasteiger partial charge in [0.25, 0.3) is 0 Å². The normalized spacial score (nSPS) is 10.9. The molecule has 7 nitrogen and oxygen atoms in total. The number of nitrogens with one attached hydrogen (secondary N) is 2. The van der Waals surface area contributed by atoms with Gasteiger partial charge in [-0.3, -0.25) is 0 Å².